The first-order valence-electron chi connectivity index (χ1n) is 10.00. The summed E-state index contributed by atoms with van der Waals surface area (Å²) in [5.41, 5.74) is 2.87. The molecule has 2 atom stereocenters. The number of nitrogens with one attached hydrogen (secondary N) is 1. The zero-order valence-corrected chi connectivity index (χ0v) is 18.8. The summed E-state index contributed by atoms with van der Waals surface area (Å²) in [7, 11) is -1.70. The lowest BCUT2D eigenvalue weighted by Gasteiger charge is -2.33. The summed E-state index contributed by atoms with van der Waals surface area (Å²) < 4.78 is 31.1. The van der Waals surface area contributed by atoms with Crippen LogP contribution in [0.5, 0.6) is 5.75 Å². The van der Waals surface area contributed by atoms with Crippen LogP contribution in [0.1, 0.15) is 50.8 Å². The van der Waals surface area contributed by atoms with E-state index in [0.717, 1.165) is 11.3 Å². The second-order valence-corrected chi connectivity index (χ2v) is 10.8. The number of aromatic nitrogens is 1. The van der Waals surface area contributed by atoms with Gasteiger partial charge in [-0.1, -0.05) is 13.3 Å². The van der Waals surface area contributed by atoms with Crippen molar-refractivity contribution in [3.05, 3.63) is 34.4 Å². The van der Waals surface area contributed by atoms with Gasteiger partial charge in [-0.2, -0.15) is 0 Å². The number of methoxy groups -OCH3 is 1. The quantitative estimate of drug-likeness (QED) is 0.677. The minimum atomic E-state index is -3.31. The summed E-state index contributed by atoms with van der Waals surface area (Å²) in [6, 6.07) is 8.67. The molecule has 2 aromatic rings. The number of nitrogens with zero attached hydrogens (tertiary/aromatic N) is 1. The van der Waals surface area contributed by atoms with E-state index >= 15 is 0 Å². The predicted octanol–water partition coefficient (Wildman–Crippen LogP) is 4.94. The highest BCUT2D eigenvalue weighted by molar-refractivity contribution is 9.10. The van der Waals surface area contributed by atoms with Gasteiger partial charge >= 0.3 is 0 Å². The smallest absolute Gasteiger partial charge is 0.178 e. The number of aromatic amines is 1. The van der Waals surface area contributed by atoms with Gasteiger partial charge in [0.2, 0.25) is 0 Å². The molecule has 152 valence electrons. The van der Waals surface area contributed by atoms with Crippen molar-refractivity contribution in [2.75, 3.05) is 19.4 Å². The van der Waals surface area contributed by atoms with Gasteiger partial charge in [-0.15, -0.1) is 0 Å². The van der Waals surface area contributed by atoms with Gasteiger partial charge in [0.05, 0.1) is 28.3 Å². The molecule has 0 bridgehead atoms. The van der Waals surface area contributed by atoms with E-state index in [1.807, 2.05) is 6.07 Å². The van der Waals surface area contributed by atoms with Crippen molar-refractivity contribution in [3.8, 4) is 17.0 Å². The molecule has 0 amide bonds. The molecule has 1 aromatic heterocycles. The Bertz CT molecular complexity index is 970. The maximum atomic E-state index is 12.4. The lowest BCUT2D eigenvalue weighted by atomic mass is 10.0. The summed E-state index contributed by atoms with van der Waals surface area (Å²) >= 11 is 3.48. The second-order valence-electron chi connectivity index (χ2n) is 7.70. The largest absolute Gasteiger partial charge is 0.495 e. The van der Waals surface area contributed by atoms with Crippen LogP contribution >= 0.6 is 15.9 Å². The first-order chi connectivity index (χ1) is 13.4. The molecule has 2 aliphatic rings. The molecule has 3 heterocycles. The SMILES string of the molecule is CCS(=O)(=O)c1cc(Br)c(OC)c(-c2ccc(C3CCC4CCCCN43)[nH]2)c1. The number of ether oxygens (including phenoxy) is 1. The van der Waals surface area contributed by atoms with E-state index in [-0.39, 0.29) is 5.75 Å². The molecule has 2 aliphatic heterocycles. The molecule has 2 unspecified atom stereocenters. The monoisotopic (exact) mass is 466 g/mol. The van der Waals surface area contributed by atoms with Crippen molar-refractivity contribution in [2.45, 2.75) is 56.0 Å². The number of rotatable bonds is 5. The summed E-state index contributed by atoms with van der Waals surface area (Å²) in [6.07, 6.45) is 6.36. The Hall–Kier alpha value is -1.31. The van der Waals surface area contributed by atoms with Crippen molar-refractivity contribution in [2.24, 2.45) is 0 Å². The van der Waals surface area contributed by atoms with E-state index in [1.165, 1.54) is 44.3 Å². The van der Waals surface area contributed by atoms with Gasteiger partial charge in [0.25, 0.3) is 0 Å². The van der Waals surface area contributed by atoms with Crippen molar-refractivity contribution in [1.82, 2.24) is 9.88 Å². The Morgan fingerprint density at radius 1 is 1.21 bits per heavy atom. The topological polar surface area (TPSA) is 62.4 Å². The molecule has 2 saturated heterocycles. The Balaban J connectivity index is 1.72. The molecule has 28 heavy (non-hydrogen) atoms. The predicted molar refractivity (Wildman–Crippen MR) is 115 cm³/mol. The summed E-state index contributed by atoms with van der Waals surface area (Å²) in [4.78, 5) is 6.52. The zero-order valence-electron chi connectivity index (χ0n) is 16.4. The first-order valence-corrected chi connectivity index (χ1v) is 12.4. The first kappa shape index (κ1) is 20.0. The van der Waals surface area contributed by atoms with Crippen LogP contribution in [0, 0.1) is 0 Å². The Morgan fingerprint density at radius 2 is 2.04 bits per heavy atom. The molecule has 0 spiro atoms. The van der Waals surface area contributed by atoms with Gasteiger partial charge in [0.1, 0.15) is 5.75 Å². The molecule has 1 N–H and O–H groups in total. The Kier molecular flexibility index (Phi) is 5.60. The van der Waals surface area contributed by atoms with Crippen LogP contribution in [0.25, 0.3) is 11.3 Å². The van der Waals surface area contributed by atoms with Crippen LogP contribution in [0.15, 0.2) is 33.6 Å². The Morgan fingerprint density at radius 3 is 2.79 bits per heavy atom. The Labute approximate surface area is 175 Å². The van der Waals surface area contributed by atoms with Crippen LogP contribution in [-0.4, -0.2) is 43.8 Å². The molecule has 1 aromatic carbocycles. The molecule has 5 nitrogen and oxygen atoms in total. The number of benzene rings is 1. The van der Waals surface area contributed by atoms with Crippen molar-refractivity contribution in [1.29, 1.82) is 0 Å². The van der Waals surface area contributed by atoms with Gasteiger partial charge in [0.15, 0.2) is 9.84 Å². The third-order valence-electron chi connectivity index (χ3n) is 6.16. The minimum Gasteiger partial charge on any atom is -0.495 e. The molecule has 4 rings (SSSR count). The van der Waals surface area contributed by atoms with Crippen LogP contribution in [0.4, 0.5) is 0 Å². The van der Waals surface area contributed by atoms with E-state index in [1.54, 1.807) is 26.2 Å². The molecule has 2 fully saturated rings. The summed E-state index contributed by atoms with van der Waals surface area (Å²) in [5.74, 6) is 0.713. The van der Waals surface area contributed by atoms with E-state index in [4.69, 9.17) is 4.74 Å². The molecule has 0 aliphatic carbocycles. The number of halogens is 1. The fourth-order valence-corrected chi connectivity index (χ4v) is 6.38. The highest BCUT2D eigenvalue weighted by Crippen LogP contribution is 2.42. The van der Waals surface area contributed by atoms with Crippen LogP contribution in [0.3, 0.4) is 0 Å². The second kappa shape index (κ2) is 7.84. The fourth-order valence-electron chi connectivity index (χ4n) is 4.68. The van der Waals surface area contributed by atoms with Gasteiger partial charge in [-0.25, -0.2) is 8.42 Å². The molecule has 0 radical (unpaired) electrons. The molecule has 7 heteroatoms. The van der Waals surface area contributed by atoms with Crippen molar-refractivity contribution in [3.63, 3.8) is 0 Å². The third kappa shape index (κ3) is 3.53. The maximum absolute atomic E-state index is 12.4. The molecular weight excluding hydrogens is 440 g/mol. The van der Waals surface area contributed by atoms with E-state index in [2.05, 4.69) is 31.9 Å². The van der Waals surface area contributed by atoms with E-state index in [9.17, 15) is 8.42 Å². The van der Waals surface area contributed by atoms with Crippen LogP contribution in [0.2, 0.25) is 0 Å². The number of H-pyrrole nitrogens is 1. The summed E-state index contributed by atoms with van der Waals surface area (Å²) in [6.45, 7) is 2.83. The number of piperidine rings is 1. The van der Waals surface area contributed by atoms with Gasteiger partial charge in [0, 0.05) is 23.0 Å². The fraction of sp³-hybridized carbons (Fsp3) is 0.524. The number of hydrogen-bond donors (Lipinski definition) is 1. The van der Waals surface area contributed by atoms with Gasteiger partial charge in [-0.3, -0.25) is 4.90 Å². The molecule has 0 saturated carbocycles. The highest BCUT2D eigenvalue weighted by Gasteiger charge is 2.36. The lowest BCUT2D eigenvalue weighted by molar-refractivity contribution is 0.148. The highest BCUT2D eigenvalue weighted by atomic mass is 79.9. The number of fused-ring (bicyclic) bond motifs is 1. The lowest BCUT2D eigenvalue weighted by Crippen LogP contribution is -2.35. The summed E-state index contributed by atoms with van der Waals surface area (Å²) in [5, 5.41) is 0. The van der Waals surface area contributed by atoms with E-state index < -0.39 is 9.84 Å². The average molecular weight is 467 g/mol. The van der Waals surface area contributed by atoms with Crippen molar-refractivity contribution < 1.29 is 13.2 Å². The van der Waals surface area contributed by atoms with Gasteiger partial charge < -0.3 is 9.72 Å². The van der Waals surface area contributed by atoms with Gasteiger partial charge in [-0.05, 0) is 72.4 Å². The number of hydrogen-bond acceptors (Lipinski definition) is 4. The average Bonchev–Trinajstić information content (AvgIpc) is 3.34. The molecular formula is C21H27BrN2O3S. The standard InChI is InChI=1S/C21H27BrN2O3S/c1-3-28(25,26)15-12-16(21(27-2)17(22)13-15)18-8-9-19(23-18)20-10-7-14-6-4-5-11-24(14)20/h8-9,12-14,20,23H,3-7,10-11H2,1-2H3. The maximum Gasteiger partial charge on any atom is 0.178 e. The van der Waals surface area contributed by atoms with E-state index in [0.29, 0.717) is 27.2 Å². The zero-order chi connectivity index (χ0) is 19.9. The van der Waals surface area contributed by atoms with Crippen molar-refractivity contribution >= 4 is 25.8 Å². The minimum absolute atomic E-state index is 0.0691. The van der Waals surface area contributed by atoms with Crippen LogP contribution < -0.4 is 4.74 Å². The number of sulfone groups is 1. The normalized spacial score (nSPS) is 23.0. The third-order valence-corrected chi connectivity index (χ3v) is 8.47. The van der Waals surface area contributed by atoms with Crippen LogP contribution in [-0.2, 0) is 9.84 Å².